The Kier molecular flexibility index (Phi) is 7.99. The Morgan fingerprint density at radius 2 is 1.64 bits per heavy atom. The highest BCUT2D eigenvalue weighted by Gasteiger charge is 2.29. The van der Waals surface area contributed by atoms with Crippen molar-refractivity contribution in [3.63, 3.8) is 0 Å². The lowest BCUT2D eigenvalue weighted by atomic mass is 9.82. The van der Waals surface area contributed by atoms with E-state index in [9.17, 15) is 9.90 Å². The number of carboxylic acids is 1. The summed E-state index contributed by atoms with van der Waals surface area (Å²) >= 11 is 5.89. The maximum atomic E-state index is 11.7. The normalized spacial score (nSPS) is 14.9. The zero-order valence-electron chi connectivity index (χ0n) is 21.0. The molecule has 0 amide bonds. The zero-order chi connectivity index (χ0) is 25.7. The lowest BCUT2D eigenvalue weighted by Gasteiger charge is -2.40. The molecule has 1 saturated heterocycles. The van der Waals surface area contributed by atoms with Crippen molar-refractivity contribution >= 4 is 23.3 Å². The molecule has 3 heterocycles. The number of carbonyl (C=O) groups is 1. The molecule has 3 aromatic rings. The summed E-state index contributed by atoms with van der Waals surface area (Å²) in [5, 5.41) is 10.3. The van der Waals surface area contributed by atoms with Gasteiger partial charge in [-0.3, -0.25) is 14.8 Å². The highest BCUT2D eigenvalue weighted by Crippen LogP contribution is 2.39. The molecule has 0 spiro atoms. The first-order valence-corrected chi connectivity index (χ1v) is 12.5. The predicted molar refractivity (Wildman–Crippen MR) is 141 cm³/mol. The van der Waals surface area contributed by atoms with E-state index in [4.69, 9.17) is 21.1 Å². The van der Waals surface area contributed by atoms with Gasteiger partial charge in [0.05, 0.1) is 24.0 Å². The van der Waals surface area contributed by atoms with Gasteiger partial charge in [-0.2, -0.15) is 0 Å². The van der Waals surface area contributed by atoms with Crippen molar-refractivity contribution in [2.75, 3.05) is 31.2 Å². The van der Waals surface area contributed by atoms with Gasteiger partial charge in [0.15, 0.2) is 0 Å². The number of nitrogens with zero attached hydrogens (tertiary/aromatic N) is 3. The Labute approximate surface area is 217 Å². The summed E-state index contributed by atoms with van der Waals surface area (Å²) in [6, 6.07) is 10.9. The molecule has 0 radical (unpaired) electrons. The Balaban J connectivity index is 1.50. The summed E-state index contributed by atoms with van der Waals surface area (Å²) in [6.45, 7) is 8.92. The molecular weight excluding hydrogens is 478 g/mol. The SMILES string of the molecule is Cc1ncc(-c2ccc(OCCOc3ccc(Cl)cc3)cn2)c(N2CCC(C)(C)CC2)c1CC(=O)O. The average molecular weight is 510 g/mol. The molecule has 7 nitrogen and oxygen atoms in total. The molecular formula is C28H32ClN3O4. The molecule has 1 aliphatic rings. The van der Waals surface area contributed by atoms with Crippen LogP contribution < -0.4 is 14.4 Å². The molecule has 1 N–H and O–H groups in total. The second-order valence-electron chi connectivity index (χ2n) is 9.84. The van der Waals surface area contributed by atoms with Crippen LogP contribution in [0.5, 0.6) is 11.5 Å². The molecule has 1 aromatic carbocycles. The summed E-state index contributed by atoms with van der Waals surface area (Å²) in [5.74, 6) is 0.493. The van der Waals surface area contributed by atoms with E-state index < -0.39 is 5.97 Å². The molecule has 2 aromatic heterocycles. The van der Waals surface area contributed by atoms with Gasteiger partial charge in [0.2, 0.25) is 0 Å². The van der Waals surface area contributed by atoms with Gasteiger partial charge in [-0.1, -0.05) is 25.4 Å². The highest BCUT2D eigenvalue weighted by molar-refractivity contribution is 6.30. The van der Waals surface area contributed by atoms with Gasteiger partial charge in [-0.15, -0.1) is 0 Å². The van der Waals surface area contributed by atoms with E-state index in [2.05, 4.69) is 28.7 Å². The Morgan fingerprint density at radius 3 is 2.25 bits per heavy atom. The highest BCUT2D eigenvalue weighted by atomic mass is 35.5. The maximum Gasteiger partial charge on any atom is 0.307 e. The third-order valence-corrected chi connectivity index (χ3v) is 6.82. The van der Waals surface area contributed by atoms with Gasteiger partial charge in [0.1, 0.15) is 24.7 Å². The molecule has 36 heavy (non-hydrogen) atoms. The molecule has 1 aliphatic heterocycles. The Hall–Kier alpha value is -3.32. The van der Waals surface area contributed by atoms with Crippen molar-refractivity contribution in [1.29, 1.82) is 0 Å². The van der Waals surface area contributed by atoms with E-state index in [-0.39, 0.29) is 11.8 Å². The fourth-order valence-corrected chi connectivity index (χ4v) is 4.48. The van der Waals surface area contributed by atoms with Crippen molar-refractivity contribution in [2.24, 2.45) is 5.41 Å². The Bertz CT molecular complexity index is 1190. The first kappa shape index (κ1) is 25.8. The number of ether oxygens (including phenoxy) is 2. The molecule has 0 unspecified atom stereocenters. The third-order valence-electron chi connectivity index (χ3n) is 6.57. The van der Waals surface area contributed by atoms with Crippen LogP contribution in [-0.4, -0.2) is 47.3 Å². The van der Waals surface area contributed by atoms with Crippen molar-refractivity contribution in [2.45, 2.75) is 40.0 Å². The molecule has 0 atom stereocenters. The number of hydrogen-bond acceptors (Lipinski definition) is 6. The van der Waals surface area contributed by atoms with E-state index in [0.717, 1.165) is 59.9 Å². The van der Waals surface area contributed by atoms with Gasteiger partial charge >= 0.3 is 5.97 Å². The molecule has 1 fully saturated rings. The largest absolute Gasteiger partial charge is 0.490 e. The van der Waals surface area contributed by atoms with Crippen LogP contribution in [-0.2, 0) is 11.2 Å². The number of halogens is 1. The van der Waals surface area contributed by atoms with E-state index in [1.54, 1.807) is 24.5 Å². The average Bonchev–Trinajstić information content (AvgIpc) is 2.85. The van der Waals surface area contributed by atoms with Crippen LogP contribution in [0, 0.1) is 12.3 Å². The lowest BCUT2D eigenvalue weighted by molar-refractivity contribution is -0.136. The summed E-state index contributed by atoms with van der Waals surface area (Å²) in [6.07, 6.45) is 5.49. The van der Waals surface area contributed by atoms with Crippen LogP contribution in [0.25, 0.3) is 11.3 Å². The van der Waals surface area contributed by atoms with Gasteiger partial charge in [0.25, 0.3) is 0 Å². The smallest absolute Gasteiger partial charge is 0.307 e. The minimum absolute atomic E-state index is 0.0727. The van der Waals surface area contributed by atoms with E-state index in [1.165, 1.54) is 0 Å². The first-order valence-electron chi connectivity index (χ1n) is 12.1. The minimum atomic E-state index is -0.867. The van der Waals surface area contributed by atoms with Gasteiger partial charge in [-0.05, 0) is 61.6 Å². The minimum Gasteiger partial charge on any atom is -0.490 e. The molecule has 8 heteroatoms. The second-order valence-corrected chi connectivity index (χ2v) is 10.3. The predicted octanol–water partition coefficient (Wildman–Crippen LogP) is 5.82. The zero-order valence-corrected chi connectivity index (χ0v) is 21.7. The van der Waals surface area contributed by atoms with Crippen LogP contribution in [0.2, 0.25) is 5.02 Å². The van der Waals surface area contributed by atoms with E-state index >= 15 is 0 Å². The van der Waals surface area contributed by atoms with Crippen molar-refractivity contribution < 1.29 is 19.4 Å². The van der Waals surface area contributed by atoms with Gasteiger partial charge < -0.3 is 19.5 Å². The van der Waals surface area contributed by atoms with Crippen molar-refractivity contribution in [1.82, 2.24) is 9.97 Å². The first-order chi connectivity index (χ1) is 17.2. The molecule has 0 saturated carbocycles. The number of anilines is 1. The quantitative estimate of drug-likeness (QED) is 0.364. The van der Waals surface area contributed by atoms with Crippen molar-refractivity contribution in [3.05, 3.63) is 65.1 Å². The number of rotatable bonds is 9. The number of carboxylic acid groups (broad SMARTS) is 1. The monoisotopic (exact) mass is 509 g/mol. The maximum absolute atomic E-state index is 11.7. The van der Waals surface area contributed by atoms with Crippen LogP contribution in [0.3, 0.4) is 0 Å². The fraction of sp³-hybridized carbons (Fsp3) is 0.393. The number of hydrogen-bond donors (Lipinski definition) is 1. The second kappa shape index (κ2) is 11.2. The van der Waals surface area contributed by atoms with Crippen LogP contribution in [0.1, 0.15) is 37.9 Å². The number of piperidine rings is 1. The molecule has 0 aliphatic carbocycles. The third kappa shape index (κ3) is 6.46. The lowest BCUT2D eigenvalue weighted by Crippen LogP contribution is -2.38. The van der Waals surface area contributed by atoms with Crippen molar-refractivity contribution in [3.8, 4) is 22.8 Å². The van der Waals surface area contributed by atoms with E-state index in [0.29, 0.717) is 24.0 Å². The Morgan fingerprint density at radius 1 is 1.00 bits per heavy atom. The summed E-state index contributed by atoms with van der Waals surface area (Å²) in [7, 11) is 0. The fourth-order valence-electron chi connectivity index (χ4n) is 4.36. The number of aromatic nitrogens is 2. The van der Waals surface area contributed by atoms with Crippen LogP contribution >= 0.6 is 11.6 Å². The molecule has 0 bridgehead atoms. The number of aliphatic carboxylic acids is 1. The molecule has 4 rings (SSSR count). The van der Waals surface area contributed by atoms with Gasteiger partial charge in [-0.25, -0.2) is 0 Å². The topological polar surface area (TPSA) is 84.8 Å². The number of pyridine rings is 2. The standard InChI is InChI=1S/C28H32ClN3O4/c1-19-23(16-26(33)34)27(32-12-10-28(2,3)11-13-32)24(18-30-19)25-9-8-22(17-31-25)36-15-14-35-21-6-4-20(29)5-7-21/h4-9,17-18H,10-16H2,1-3H3,(H,33,34). The summed E-state index contributed by atoms with van der Waals surface area (Å²) < 4.78 is 11.5. The number of aryl methyl sites for hydroxylation is 1. The summed E-state index contributed by atoms with van der Waals surface area (Å²) in [5.41, 5.74) is 4.27. The number of benzene rings is 1. The molecule has 190 valence electrons. The summed E-state index contributed by atoms with van der Waals surface area (Å²) in [4.78, 5) is 23.1. The van der Waals surface area contributed by atoms with E-state index in [1.807, 2.05) is 31.2 Å². The van der Waals surface area contributed by atoms with Gasteiger partial charge in [0, 0.05) is 41.1 Å². The van der Waals surface area contributed by atoms with Crippen LogP contribution in [0.15, 0.2) is 48.8 Å². The van der Waals surface area contributed by atoms with Crippen LogP contribution in [0.4, 0.5) is 5.69 Å².